The van der Waals surface area contributed by atoms with E-state index in [4.69, 9.17) is 15.2 Å². The minimum Gasteiger partial charge on any atom is -0.496 e. The molecule has 0 aliphatic heterocycles. The van der Waals surface area contributed by atoms with Gasteiger partial charge in [-0.1, -0.05) is 13.8 Å². The van der Waals surface area contributed by atoms with Crippen molar-refractivity contribution >= 4 is 11.8 Å². The van der Waals surface area contributed by atoms with Crippen LogP contribution in [0, 0.1) is 0 Å². The van der Waals surface area contributed by atoms with Crippen LogP contribution in [-0.2, 0) is 4.74 Å². The molecule has 21 heavy (non-hydrogen) atoms. The number of anilines is 1. The van der Waals surface area contributed by atoms with Crippen LogP contribution in [0.3, 0.4) is 0 Å². The summed E-state index contributed by atoms with van der Waals surface area (Å²) in [6.07, 6.45) is 0. The first-order valence-electron chi connectivity index (χ1n) is 6.73. The van der Waals surface area contributed by atoms with Crippen LogP contribution in [0.5, 0.6) is 5.75 Å². The number of aromatic nitrogens is 1. The van der Waals surface area contributed by atoms with Gasteiger partial charge in [0.05, 0.1) is 14.2 Å². The number of ether oxygens (including phenoxy) is 2. The minimum atomic E-state index is -0.451. The number of nitrogen functional groups attached to an aromatic ring is 1. The second-order valence-corrected chi connectivity index (χ2v) is 5.11. The van der Waals surface area contributed by atoms with E-state index in [2.05, 4.69) is 18.8 Å². The van der Waals surface area contributed by atoms with Crippen LogP contribution < -0.4 is 10.5 Å². The lowest BCUT2D eigenvalue weighted by molar-refractivity contribution is 0.0602. The molecule has 1 aromatic heterocycles. The largest absolute Gasteiger partial charge is 0.496 e. The monoisotopic (exact) mass is 288 g/mol. The number of esters is 1. The summed E-state index contributed by atoms with van der Waals surface area (Å²) < 4.78 is 10.1. The Morgan fingerprint density at radius 3 is 2.52 bits per heavy atom. The summed E-state index contributed by atoms with van der Waals surface area (Å²) in [5, 5.41) is 0. The van der Waals surface area contributed by atoms with Crippen LogP contribution in [0.1, 0.15) is 35.7 Å². The van der Waals surface area contributed by atoms with Gasteiger partial charge in [0.25, 0.3) is 0 Å². The van der Waals surface area contributed by atoms with Gasteiger partial charge in [0, 0.05) is 5.69 Å². The Labute approximate surface area is 124 Å². The first-order valence-corrected chi connectivity index (χ1v) is 6.73. The molecule has 0 bridgehead atoms. The maximum absolute atomic E-state index is 11.6. The van der Waals surface area contributed by atoms with Gasteiger partial charge in [-0.25, -0.2) is 4.79 Å². The van der Waals surface area contributed by atoms with Crippen LogP contribution in [-0.4, -0.2) is 25.2 Å². The number of H-pyrrole nitrogens is 1. The van der Waals surface area contributed by atoms with Gasteiger partial charge in [-0.15, -0.1) is 0 Å². The van der Waals surface area contributed by atoms with Crippen molar-refractivity contribution < 1.29 is 14.3 Å². The third kappa shape index (κ3) is 2.86. The van der Waals surface area contributed by atoms with E-state index in [0.717, 1.165) is 22.6 Å². The van der Waals surface area contributed by atoms with Crippen LogP contribution in [0.15, 0.2) is 24.3 Å². The van der Waals surface area contributed by atoms with Crippen molar-refractivity contribution in [3.8, 4) is 17.0 Å². The van der Waals surface area contributed by atoms with Crippen molar-refractivity contribution in [2.75, 3.05) is 20.0 Å². The van der Waals surface area contributed by atoms with Crippen molar-refractivity contribution in [1.82, 2.24) is 4.98 Å². The zero-order valence-corrected chi connectivity index (χ0v) is 12.7. The van der Waals surface area contributed by atoms with Gasteiger partial charge >= 0.3 is 5.97 Å². The Hall–Kier alpha value is -2.43. The molecule has 0 aliphatic carbocycles. The van der Waals surface area contributed by atoms with E-state index in [1.807, 2.05) is 18.2 Å². The smallest absolute Gasteiger partial charge is 0.341 e. The summed E-state index contributed by atoms with van der Waals surface area (Å²) in [7, 11) is 2.99. The fourth-order valence-corrected chi connectivity index (χ4v) is 2.26. The lowest BCUT2D eigenvalue weighted by Crippen LogP contribution is -2.02. The van der Waals surface area contributed by atoms with Crippen molar-refractivity contribution in [2.45, 2.75) is 19.8 Å². The Bertz CT molecular complexity index is 660. The molecule has 0 atom stereocenters. The van der Waals surface area contributed by atoms with E-state index < -0.39 is 5.97 Å². The van der Waals surface area contributed by atoms with Gasteiger partial charge in [0.15, 0.2) is 0 Å². The van der Waals surface area contributed by atoms with Crippen molar-refractivity contribution in [2.24, 2.45) is 0 Å². The Morgan fingerprint density at radius 1 is 1.24 bits per heavy atom. The van der Waals surface area contributed by atoms with E-state index >= 15 is 0 Å². The zero-order valence-electron chi connectivity index (χ0n) is 12.7. The number of rotatable bonds is 4. The summed E-state index contributed by atoms with van der Waals surface area (Å²) in [5.41, 5.74) is 8.99. The summed E-state index contributed by atoms with van der Waals surface area (Å²) >= 11 is 0. The average Bonchev–Trinajstić information content (AvgIpc) is 2.87. The first kappa shape index (κ1) is 15.0. The molecule has 0 fully saturated rings. The normalized spacial score (nSPS) is 10.7. The van der Waals surface area contributed by atoms with Crippen LogP contribution in [0.2, 0.25) is 0 Å². The Balaban J connectivity index is 2.47. The van der Waals surface area contributed by atoms with E-state index in [9.17, 15) is 4.79 Å². The van der Waals surface area contributed by atoms with Crippen LogP contribution in [0.25, 0.3) is 11.3 Å². The molecule has 0 spiro atoms. The number of benzene rings is 1. The van der Waals surface area contributed by atoms with E-state index in [-0.39, 0.29) is 0 Å². The molecule has 2 rings (SSSR count). The lowest BCUT2D eigenvalue weighted by atomic mass is 9.98. The molecular weight excluding hydrogens is 268 g/mol. The van der Waals surface area contributed by atoms with Gasteiger partial charge in [-0.05, 0) is 41.3 Å². The quantitative estimate of drug-likeness (QED) is 0.847. The first-order chi connectivity index (χ1) is 9.97. The lowest BCUT2D eigenvalue weighted by Gasteiger charge is -2.13. The van der Waals surface area contributed by atoms with Crippen LogP contribution in [0.4, 0.5) is 5.82 Å². The molecule has 1 aromatic carbocycles. The SMILES string of the molecule is COC(=O)c1cc(-c2ccc(OC)c(C(C)C)c2)[nH]c1N. The molecule has 3 N–H and O–H groups in total. The molecule has 0 saturated carbocycles. The van der Waals surface area contributed by atoms with Gasteiger partial charge in [-0.3, -0.25) is 0 Å². The molecule has 5 heteroatoms. The number of nitrogens with two attached hydrogens (primary N) is 1. The molecule has 2 aromatic rings. The van der Waals surface area contributed by atoms with Gasteiger partial charge in [0.1, 0.15) is 17.1 Å². The van der Waals surface area contributed by atoms with Gasteiger partial charge in [-0.2, -0.15) is 0 Å². The maximum Gasteiger partial charge on any atom is 0.341 e. The van der Waals surface area contributed by atoms with Crippen molar-refractivity contribution in [3.05, 3.63) is 35.4 Å². The maximum atomic E-state index is 11.6. The fourth-order valence-electron chi connectivity index (χ4n) is 2.26. The summed E-state index contributed by atoms with van der Waals surface area (Å²) in [6.45, 7) is 4.20. The molecule has 0 saturated heterocycles. The van der Waals surface area contributed by atoms with Crippen molar-refractivity contribution in [1.29, 1.82) is 0 Å². The summed E-state index contributed by atoms with van der Waals surface area (Å²) in [6, 6.07) is 7.58. The highest BCUT2D eigenvalue weighted by molar-refractivity contribution is 5.96. The van der Waals surface area contributed by atoms with Gasteiger partial charge < -0.3 is 20.2 Å². The number of aromatic amines is 1. The number of hydrogen-bond acceptors (Lipinski definition) is 4. The number of nitrogens with one attached hydrogen (secondary N) is 1. The minimum absolute atomic E-state index is 0.304. The number of carbonyl (C=O) groups is 1. The van der Waals surface area contributed by atoms with E-state index in [0.29, 0.717) is 17.3 Å². The molecule has 0 aliphatic rings. The molecule has 5 nitrogen and oxygen atoms in total. The standard InChI is InChI=1S/C16H20N2O3/c1-9(2)11-7-10(5-6-14(11)20-3)13-8-12(15(17)18-13)16(19)21-4/h5-9,18H,17H2,1-4H3. The Kier molecular flexibility index (Phi) is 4.21. The highest BCUT2D eigenvalue weighted by Gasteiger charge is 2.16. The summed E-state index contributed by atoms with van der Waals surface area (Å²) in [5.74, 6) is 1.03. The molecule has 112 valence electrons. The average molecular weight is 288 g/mol. The zero-order chi connectivity index (χ0) is 15.6. The van der Waals surface area contributed by atoms with Crippen LogP contribution >= 0.6 is 0 Å². The highest BCUT2D eigenvalue weighted by atomic mass is 16.5. The Morgan fingerprint density at radius 2 is 1.95 bits per heavy atom. The topological polar surface area (TPSA) is 77.3 Å². The van der Waals surface area contributed by atoms with E-state index in [1.54, 1.807) is 13.2 Å². The third-order valence-electron chi connectivity index (χ3n) is 3.42. The van der Waals surface area contributed by atoms with Gasteiger partial charge in [0.2, 0.25) is 0 Å². The van der Waals surface area contributed by atoms with Crippen molar-refractivity contribution in [3.63, 3.8) is 0 Å². The molecule has 0 amide bonds. The predicted molar refractivity (Wildman–Crippen MR) is 82.6 cm³/mol. The van der Waals surface area contributed by atoms with E-state index in [1.165, 1.54) is 7.11 Å². The predicted octanol–water partition coefficient (Wildman–Crippen LogP) is 3.18. The third-order valence-corrected chi connectivity index (χ3v) is 3.42. The second kappa shape index (κ2) is 5.91. The molecular formula is C16H20N2O3. The number of methoxy groups -OCH3 is 2. The molecule has 0 radical (unpaired) electrons. The number of carbonyl (C=O) groups excluding carboxylic acids is 1. The summed E-state index contributed by atoms with van der Waals surface area (Å²) in [4.78, 5) is 14.6. The highest BCUT2D eigenvalue weighted by Crippen LogP contribution is 2.32. The second-order valence-electron chi connectivity index (χ2n) is 5.11. The molecule has 1 heterocycles. The fraction of sp³-hybridized carbons (Fsp3) is 0.312. The number of hydrogen-bond donors (Lipinski definition) is 2. The molecule has 0 unspecified atom stereocenters.